The molecular weight excluding hydrogens is 220 g/mol. The Kier molecular flexibility index (Phi) is 2.87. The number of carbonyl (C=O) groups excluding carboxylic acids is 3. The number of carbonyl (C=O) groups is 3. The fourth-order valence-corrected chi connectivity index (χ4v) is 1.65. The van der Waals surface area contributed by atoms with Gasteiger partial charge in [0.15, 0.2) is 17.5 Å². The number of allylic oxidation sites excluding steroid dienone is 2. The highest BCUT2D eigenvalue weighted by Gasteiger charge is 2.37. The van der Waals surface area contributed by atoms with E-state index in [1.807, 2.05) is 0 Å². The fourth-order valence-electron chi connectivity index (χ4n) is 1.65. The van der Waals surface area contributed by atoms with Gasteiger partial charge in [0.05, 0.1) is 0 Å². The minimum absolute atomic E-state index is 0.220. The number of hydrogen-bond acceptors (Lipinski definition) is 4. The highest BCUT2D eigenvalue weighted by Crippen LogP contribution is 2.19. The van der Waals surface area contributed by atoms with Gasteiger partial charge in [0.25, 0.3) is 0 Å². The van der Waals surface area contributed by atoms with Crippen molar-refractivity contribution in [1.82, 2.24) is 0 Å². The monoisotopic (exact) mass is 230 g/mol. The summed E-state index contributed by atoms with van der Waals surface area (Å²) in [6.45, 7) is 1.50. The topological polar surface area (TPSA) is 60.4 Å². The highest BCUT2D eigenvalue weighted by molar-refractivity contribution is 6.26. The van der Waals surface area contributed by atoms with Crippen molar-refractivity contribution in [3.05, 3.63) is 47.7 Å². The summed E-state index contributed by atoms with van der Waals surface area (Å²) < 4.78 is 4.79. The second-order valence-electron chi connectivity index (χ2n) is 3.74. The molecule has 0 saturated heterocycles. The Hall–Kier alpha value is -2.23. The van der Waals surface area contributed by atoms with Crippen LogP contribution in [0.5, 0.6) is 0 Å². The van der Waals surface area contributed by atoms with Gasteiger partial charge in [-0.3, -0.25) is 14.4 Å². The molecule has 1 heterocycles. The number of hydrogen-bond donors (Lipinski definition) is 0. The predicted molar refractivity (Wildman–Crippen MR) is 59.1 cm³/mol. The number of ether oxygens (including phenoxy) is 1. The van der Waals surface area contributed by atoms with Crippen LogP contribution < -0.4 is 0 Å². The van der Waals surface area contributed by atoms with Crippen LogP contribution in [0.15, 0.2) is 42.2 Å². The van der Waals surface area contributed by atoms with E-state index in [1.165, 1.54) is 13.0 Å². The average molecular weight is 230 g/mol. The Morgan fingerprint density at radius 2 is 1.82 bits per heavy atom. The first-order chi connectivity index (χ1) is 8.09. The van der Waals surface area contributed by atoms with Crippen LogP contribution in [-0.2, 0) is 14.3 Å². The Balaban J connectivity index is 2.33. The normalized spacial score (nSPS) is 19.6. The average Bonchev–Trinajstić information content (AvgIpc) is 2.28. The summed E-state index contributed by atoms with van der Waals surface area (Å²) in [5, 5.41) is 0. The Bertz CT molecular complexity index is 513. The first-order valence-corrected chi connectivity index (χ1v) is 5.12. The third kappa shape index (κ3) is 2.15. The zero-order valence-electron chi connectivity index (χ0n) is 9.17. The summed E-state index contributed by atoms with van der Waals surface area (Å²) >= 11 is 0. The largest absolute Gasteiger partial charge is 0.430 e. The third-order valence-electron chi connectivity index (χ3n) is 2.45. The van der Waals surface area contributed by atoms with E-state index in [0.29, 0.717) is 5.56 Å². The van der Waals surface area contributed by atoms with Crippen LogP contribution in [0.25, 0.3) is 0 Å². The molecule has 0 bridgehead atoms. The Labute approximate surface area is 97.9 Å². The highest BCUT2D eigenvalue weighted by atomic mass is 16.5. The summed E-state index contributed by atoms with van der Waals surface area (Å²) in [5.41, 5.74) is 0.329. The van der Waals surface area contributed by atoms with E-state index in [9.17, 15) is 14.4 Å². The van der Waals surface area contributed by atoms with E-state index < -0.39 is 23.5 Å². The van der Waals surface area contributed by atoms with Crippen LogP contribution in [-0.4, -0.2) is 17.5 Å². The van der Waals surface area contributed by atoms with Gasteiger partial charge < -0.3 is 4.74 Å². The van der Waals surface area contributed by atoms with E-state index in [1.54, 1.807) is 30.3 Å². The molecule has 0 amide bonds. The molecule has 4 heteroatoms. The summed E-state index contributed by atoms with van der Waals surface area (Å²) in [7, 11) is 0. The van der Waals surface area contributed by atoms with Gasteiger partial charge in [-0.25, -0.2) is 0 Å². The Morgan fingerprint density at radius 1 is 1.18 bits per heavy atom. The van der Waals surface area contributed by atoms with Crippen molar-refractivity contribution in [2.75, 3.05) is 0 Å². The number of ketones is 2. The summed E-state index contributed by atoms with van der Waals surface area (Å²) in [5.74, 6) is -2.99. The molecule has 1 atom stereocenters. The van der Waals surface area contributed by atoms with Crippen molar-refractivity contribution in [3.63, 3.8) is 0 Å². The van der Waals surface area contributed by atoms with Crippen molar-refractivity contribution < 1.29 is 19.1 Å². The molecule has 17 heavy (non-hydrogen) atoms. The molecular formula is C13H10O4. The van der Waals surface area contributed by atoms with E-state index in [0.717, 1.165) is 0 Å². The van der Waals surface area contributed by atoms with Crippen molar-refractivity contribution in [1.29, 1.82) is 0 Å². The molecule has 0 saturated carbocycles. The zero-order chi connectivity index (χ0) is 12.4. The van der Waals surface area contributed by atoms with Gasteiger partial charge >= 0.3 is 5.97 Å². The van der Waals surface area contributed by atoms with Gasteiger partial charge in [0.2, 0.25) is 0 Å². The van der Waals surface area contributed by atoms with Crippen LogP contribution in [0.1, 0.15) is 17.3 Å². The minimum Gasteiger partial charge on any atom is -0.430 e. The van der Waals surface area contributed by atoms with E-state index in [2.05, 4.69) is 0 Å². The number of esters is 1. The lowest BCUT2D eigenvalue weighted by atomic mass is 9.92. The zero-order valence-corrected chi connectivity index (χ0v) is 9.17. The van der Waals surface area contributed by atoms with Crippen LogP contribution in [0.2, 0.25) is 0 Å². The predicted octanol–water partition coefficient (Wildman–Crippen LogP) is 1.52. The lowest BCUT2D eigenvalue weighted by molar-refractivity contribution is -0.146. The maximum atomic E-state index is 12.0. The molecule has 0 radical (unpaired) electrons. The summed E-state index contributed by atoms with van der Waals surface area (Å²) in [6, 6.07) is 8.23. The van der Waals surface area contributed by atoms with Gasteiger partial charge in [0, 0.05) is 11.6 Å². The SMILES string of the molecule is CC1=CC(=O)C(C(=O)c2ccccc2)C(=O)O1. The summed E-state index contributed by atoms with van der Waals surface area (Å²) in [4.78, 5) is 35.1. The lowest BCUT2D eigenvalue weighted by Gasteiger charge is -2.17. The number of benzene rings is 1. The third-order valence-corrected chi connectivity index (χ3v) is 2.45. The molecule has 0 N–H and O–H groups in total. The van der Waals surface area contributed by atoms with Crippen LogP contribution in [0, 0.1) is 5.92 Å². The van der Waals surface area contributed by atoms with Crippen molar-refractivity contribution in [2.24, 2.45) is 5.92 Å². The maximum absolute atomic E-state index is 12.0. The minimum atomic E-state index is -1.36. The molecule has 0 aliphatic carbocycles. The Morgan fingerprint density at radius 3 is 2.41 bits per heavy atom. The van der Waals surface area contributed by atoms with Gasteiger partial charge in [-0.1, -0.05) is 30.3 Å². The first kappa shape index (κ1) is 11.3. The number of rotatable bonds is 2. The van der Waals surface area contributed by atoms with Crippen molar-refractivity contribution in [3.8, 4) is 0 Å². The molecule has 86 valence electrons. The second kappa shape index (κ2) is 4.33. The molecule has 4 nitrogen and oxygen atoms in total. The van der Waals surface area contributed by atoms with Gasteiger partial charge in [-0.15, -0.1) is 0 Å². The molecule has 0 aromatic heterocycles. The molecule has 0 spiro atoms. The van der Waals surface area contributed by atoms with E-state index in [-0.39, 0.29) is 5.76 Å². The van der Waals surface area contributed by atoms with Crippen LogP contribution >= 0.6 is 0 Å². The molecule has 1 aromatic carbocycles. The van der Waals surface area contributed by atoms with Crippen molar-refractivity contribution in [2.45, 2.75) is 6.92 Å². The van der Waals surface area contributed by atoms with Gasteiger partial charge in [0.1, 0.15) is 5.76 Å². The molecule has 1 aromatic rings. The van der Waals surface area contributed by atoms with Gasteiger partial charge in [-0.2, -0.15) is 0 Å². The molecule has 1 aliphatic rings. The van der Waals surface area contributed by atoms with E-state index in [4.69, 9.17) is 4.74 Å². The van der Waals surface area contributed by atoms with Crippen LogP contribution in [0.3, 0.4) is 0 Å². The summed E-state index contributed by atoms with van der Waals surface area (Å²) in [6.07, 6.45) is 1.17. The molecule has 0 fully saturated rings. The molecule has 1 aliphatic heterocycles. The smallest absolute Gasteiger partial charge is 0.329 e. The second-order valence-corrected chi connectivity index (χ2v) is 3.74. The first-order valence-electron chi connectivity index (χ1n) is 5.12. The maximum Gasteiger partial charge on any atom is 0.329 e. The lowest BCUT2D eigenvalue weighted by Crippen LogP contribution is -2.35. The number of cyclic esters (lactones) is 1. The number of Topliss-reactive ketones (excluding diaryl/α,β-unsaturated/α-hetero) is 1. The molecule has 1 unspecified atom stereocenters. The van der Waals surface area contributed by atoms with Gasteiger partial charge in [-0.05, 0) is 6.92 Å². The molecule has 2 rings (SSSR count). The van der Waals surface area contributed by atoms with E-state index >= 15 is 0 Å². The van der Waals surface area contributed by atoms with Crippen molar-refractivity contribution >= 4 is 17.5 Å². The van der Waals surface area contributed by atoms with Crippen LogP contribution in [0.4, 0.5) is 0 Å². The quantitative estimate of drug-likeness (QED) is 0.439. The fraction of sp³-hybridized carbons (Fsp3) is 0.154. The standard InChI is InChI=1S/C13H10O4/c1-8-7-10(14)11(13(16)17-8)12(15)9-5-3-2-4-6-9/h2-7,11H,1H3.